The fourth-order valence-electron chi connectivity index (χ4n) is 4.20. The number of benzene rings is 1. The number of aliphatic hydroxyl groups excluding tert-OH is 2. The van der Waals surface area contributed by atoms with Gasteiger partial charge >= 0.3 is 5.97 Å². The summed E-state index contributed by atoms with van der Waals surface area (Å²) in [5, 5.41) is 20.8. The van der Waals surface area contributed by atoms with E-state index in [9.17, 15) is 15.0 Å². The molecular formula is C16H16O4S. The maximum Gasteiger partial charge on any atom is 0.326 e. The molecule has 0 saturated carbocycles. The number of fused-ring (bicyclic) bond motifs is 8. The van der Waals surface area contributed by atoms with Crippen molar-refractivity contribution in [2.75, 3.05) is 7.11 Å². The number of carbonyl (C=O) groups excluding carboxylic acids is 1. The van der Waals surface area contributed by atoms with Crippen LogP contribution in [-0.2, 0) is 14.3 Å². The molecule has 3 aliphatic rings. The first kappa shape index (κ1) is 13.4. The molecule has 0 radical (unpaired) electrons. The molecule has 1 aromatic carbocycles. The molecule has 6 atom stereocenters. The van der Waals surface area contributed by atoms with Crippen LogP contribution in [-0.4, -0.2) is 35.5 Å². The maximum absolute atomic E-state index is 12.6. The van der Waals surface area contributed by atoms with E-state index in [0.29, 0.717) is 0 Å². The predicted molar refractivity (Wildman–Crippen MR) is 78.6 cm³/mol. The highest BCUT2D eigenvalue weighted by atomic mass is 32.2. The van der Waals surface area contributed by atoms with Crippen molar-refractivity contribution in [2.45, 2.75) is 22.2 Å². The molecule has 1 fully saturated rings. The molecule has 2 heterocycles. The van der Waals surface area contributed by atoms with Gasteiger partial charge in [0.25, 0.3) is 0 Å². The first-order chi connectivity index (χ1) is 10.1. The highest BCUT2D eigenvalue weighted by molar-refractivity contribution is 8.01. The molecule has 2 aliphatic heterocycles. The SMILES string of the molecule is COC(=O)[C@@]12S[C@@H](c3ccccc31)[C@@H]1[C@H]2[C@H](O)C=C[C@@H]1O. The minimum Gasteiger partial charge on any atom is -0.468 e. The second-order valence-electron chi connectivity index (χ2n) is 5.82. The average Bonchev–Trinajstić information content (AvgIpc) is 3.04. The first-order valence-electron chi connectivity index (χ1n) is 7.01. The molecule has 1 saturated heterocycles. The number of rotatable bonds is 1. The zero-order chi connectivity index (χ0) is 14.8. The molecule has 0 unspecified atom stereocenters. The van der Waals surface area contributed by atoms with E-state index in [2.05, 4.69) is 0 Å². The Bertz CT molecular complexity index is 643. The van der Waals surface area contributed by atoms with E-state index in [0.717, 1.165) is 11.1 Å². The Kier molecular flexibility index (Phi) is 2.77. The fourth-order valence-corrected chi connectivity index (χ4v) is 6.36. The van der Waals surface area contributed by atoms with Crippen molar-refractivity contribution in [2.24, 2.45) is 11.8 Å². The van der Waals surface area contributed by atoms with Crippen LogP contribution in [0.25, 0.3) is 0 Å². The summed E-state index contributed by atoms with van der Waals surface area (Å²) in [5.41, 5.74) is 2.00. The van der Waals surface area contributed by atoms with E-state index in [-0.39, 0.29) is 23.1 Å². The number of aliphatic hydroxyl groups is 2. The van der Waals surface area contributed by atoms with Crippen molar-refractivity contribution in [1.29, 1.82) is 0 Å². The van der Waals surface area contributed by atoms with Gasteiger partial charge in [-0.05, 0) is 11.1 Å². The van der Waals surface area contributed by atoms with Gasteiger partial charge in [-0.15, -0.1) is 11.8 Å². The van der Waals surface area contributed by atoms with Crippen molar-refractivity contribution in [3.05, 3.63) is 47.5 Å². The molecule has 0 spiro atoms. The van der Waals surface area contributed by atoms with E-state index < -0.39 is 17.0 Å². The Morgan fingerprint density at radius 2 is 1.95 bits per heavy atom. The van der Waals surface area contributed by atoms with Crippen LogP contribution in [0.1, 0.15) is 16.4 Å². The van der Waals surface area contributed by atoms with Gasteiger partial charge in [-0.25, -0.2) is 0 Å². The topological polar surface area (TPSA) is 66.8 Å². The van der Waals surface area contributed by atoms with Crippen molar-refractivity contribution >= 4 is 17.7 Å². The average molecular weight is 304 g/mol. The number of hydrogen-bond donors (Lipinski definition) is 2. The summed E-state index contributed by atoms with van der Waals surface area (Å²) in [4.78, 5) is 12.6. The van der Waals surface area contributed by atoms with Gasteiger partial charge in [-0.3, -0.25) is 4.79 Å². The van der Waals surface area contributed by atoms with Gasteiger partial charge in [0.2, 0.25) is 0 Å². The van der Waals surface area contributed by atoms with E-state index in [1.807, 2.05) is 24.3 Å². The van der Waals surface area contributed by atoms with Crippen molar-refractivity contribution in [1.82, 2.24) is 0 Å². The molecule has 0 aromatic heterocycles. The highest BCUT2D eigenvalue weighted by Gasteiger charge is 2.69. The lowest BCUT2D eigenvalue weighted by Crippen LogP contribution is -2.50. The number of carbonyl (C=O) groups is 1. The Morgan fingerprint density at radius 3 is 2.71 bits per heavy atom. The third-order valence-electron chi connectivity index (χ3n) is 4.97. The van der Waals surface area contributed by atoms with Gasteiger partial charge in [0.15, 0.2) is 0 Å². The molecule has 5 heteroatoms. The number of esters is 1. The summed E-state index contributed by atoms with van der Waals surface area (Å²) in [6, 6.07) is 7.79. The molecule has 4 nitrogen and oxygen atoms in total. The minimum atomic E-state index is -0.911. The summed E-state index contributed by atoms with van der Waals surface area (Å²) in [5.74, 6) is -0.852. The largest absolute Gasteiger partial charge is 0.468 e. The number of methoxy groups -OCH3 is 1. The van der Waals surface area contributed by atoms with Crippen LogP contribution in [0.15, 0.2) is 36.4 Å². The lowest BCUT2D eigenvalue weighted by atomic mass is 9.63. The third kappa shape index (κ3) is 1.46. The quantitative estimate of drug-likeness (QED) is 0.606. The summed E-state index contributed by atoms with van der Waals surface area (Å²) in [6.07, 6.45) is 1.85. The molecule has 1 aliphatic carbocycles. The Hall–Kier alpha value is -1.30. The summed E-state index contributed by atoms with van der Waals surface area (Å²) < 4.78 is 4.16. The second kappa shape index (κ2) is 4.35. The van der Waals surface area contributed by atoms with Gasteiger partial charge < -0.3 is 14.9 Å². The van der Waals surface area contributed by atoms with Crippen molar-refractivity contribution in [3.8, 4) is 0 Å². The van der Waals surface area contributed by atoms with Gasteiger partial charge in [-0.2, -0.15) is 0 Å². The van der Waals surface area contributed by atoms with Crippen LogP contribution in [0.4, 0.5) is 0 Å². The summed E-state index contributed by atoms with van der Waals surface area (Å²) in [7, 11) is 1.38. The van der Waals surface area contributed by atoms with Gasteiger partial charge in [0.1, 0.15) is 4.75 Å². The van der Waals surface area contributed by atoms with E-state index >= 15 is 0 Å². The van der Waals surface area contributed by atoms with Crippen LogP contribution < -0.4 is 0 Å². The Balaban J connectivity index is 1.97. The Morgan fingerprint density at radius 1 is 1.24 bits per heavy atom. The minimum absolute atomic E-state index is 0.0138. The molecule has 1 aromatic rings. The second-order valence-corrected chi connectivity index (χ2v) is 7.21. The normalized spacial score (nSPS) is 42.5. The number of ether oxygens (including phenoxy) is 1. The lowest BCUT2D eigenvalue weighted by Gasteiger charge is -2.42. The summed E-state index contributed by atoms with van der Waals surface area (Å²) in [6.45, 7) is 0. The van der Waals surface area contributed by atoms with Crippen molar-refractivity contribution < 1.29 is 19.7 Å². The van der Waals surface area contributed by atoms with E-state index in [1.165, 1.54) is 18.9 Å². The van der Waals surface area contributed by atoms with Crippen LogP contribution >= 0.6 is 11.8 Å². The van der Waals surface area contributed by atoms with E-state index in [4.69, 9.17) is 4.74 Å². The number of hydrogen-bond acceptors (Lipinski definition) is 5. The van der Waals surface area contributed by atoms with Gasteiger partial charge in [0.05, 0.1) is 19.3 Å². The van der Waals surface area contributed by atoms with Crippen molar-refractivity contribution in [3.63, 3.8) is 0 Å². The molecular weight excluding hydrogens is 288 g/mol. The van der Waals surface area contributed by atoms with Crippen LogP contribution in [0.5, 0.6) is 0 Å². The number of thioether (sulfide) groups is 1. The maximum atomic E-state index is 12.6. The predicted octanol–water partition coefficient (Wildman–Crippen LogP) is 1.38. The standard InChI is InChI=1S/C16H16O4S/c1-20-15(19)16-9-5-3-2-4-8(9)14(21-16)12-10(17)6-7-11(18)13(12)16/h2-7,10-14,17-18H,1H3/t10-,11+,12-,13+,14-,16+/m0/s1. The van der Waals surface area contributed by atoms with E-state index in [1.54, 1.807) is 12.2 Å². The zero-order valence-electron chi connectivity index (χ0n) is 11.5. The molecule has 21 heavy (non-hydrogen) atoms. The highest BCUT2D eigenvalue weighted by Crippen LogP contribution is 2.72. The molecule has 0 amide bonds. The van der Waals surface area contributed by atoms with Crippen LogP contribution in [0.3, 0.4) is 0 Å². The first-order valence-corrected chi connectivity index (χ1v) is 7.89. The van der Waals surface area contributed by atoms with Gasteiger partial charge in [-0.1, -0.05) is 36.4 Å². The van der Waals surface area contributed by atoms with Crippen LogP contribution in [0, 0.1) is 11.8 Å². The monoisotopic (exact) mass is 304 g/mol. The van der Waals surface area contributed by atoms with Gasteiger partial charge in [0, 0.05) is 17.1 Å². The molecule has 2 bridgehead atoms. The smallest absolute Gasteiger partial charge is 0.326 e. The molecule has 110 valence electrons. The summed E-state index contributed by atoms with van der Waals surface area (Å²) >= 11 is 1.52. The fraction of sp³-hybridized carbons (Fsp3) is 0.438. The Labute approximate surface area is 126 Å². The molecule has 4 rings (SSSR count). The zero-order valence-corrected chi connectivity index (χ0v) is 12.3. The molecule has 2 N–H and O–H groups in total. The van der Waals surface area contributed by atoms with Crippen LogP contribution in [0.2, 0.25) is 0 Å². The lowest BCUT2D eigenvalue weighted by molar-refractivity contribution is -0.148. The third-order valence-corrected chi connectivity index (χ3v) is 6.82.